The van der Waals surface area contributed by atoms with Gasteiger partial charge in [0.05, 0.1) is 0 Å². The molecule has 0 aromatic heterocycles. The number of carboxylic acids is 1. The fourth-order valence-corrected chi connectivity index (χ4v) is 1.81. The van der Waals surface area contributed by atoms with Gasteiger partial charge in [-0.3, -0.25) is 4.79 Å². The Kier molecular flexibility index (Phi) is 8.03. The smallest absolute Gasteiger partial charge is 0.330 e. The summed E-state index contributed by atoms with van der Waals surface area (Å²) >= 11 is 0. The SMILES string of the molecule is CCNC(CC)(CCCOCC(F)(F)C(F)F)C(=O)O. The molecule has 0 saturated carbocycles. The highest BCUT2D eigenvalue weighted by atomic mass is 19.3. The second-order valence-corrected chi connectivity index (χ2v) is 4.49. The molecule has 0 bridgehead atoms. The second kappa shape index (κ2) is 8.41. The van der Waals surface area contributed by atoms with Crippen LogP contribution < -0.4 is 5.32 Å². The summed E-state index contributed by atoms with van der Waals surface area (Å²) in [7, 11) is 0. The number of alkyl halides is 4. The van der Waals surface area contributed by atoms with Gasteiger partial charge in [0.15, 0.2) is 0 Å². The number of ether oxygens (including phenoxy) is 1. The molecule has 0 aliphatic heterocycles. The number of rotatable bonds is 11. The zero-order valence-electron chi connectivity index (χ0n) is 11.6. The molecule has 2 N–H and O–H groups in total. The monoisotopic (exact) mass is 303 g/mol. The number of nitrogens with one attached hydrogen (secondary N) is 1. The van der Waals surface area contributed by atoms with Gasteiger partial charge >= 0.3 is 18.3 Å². The molecular formula is C12H21F4NO3. The highest BCUT2D eigenvalue weighted by Crippen LogP contribution is 2.23. The molecule has 0 aliphatic carbocycles. The number of likely N-dealkylation sites (N-methyl/N-ethyl adjacent to an activating group) is 1. The Labute approximate surface area is 115 Å². The van der Waals surface area contributed by atoms with Crippen molar-refractivity contribution in [1.82, 2.24) is 5.32 Å². The predicted molar refractivity (Wildman–Crippen MR) is 65.3 cm³/mol. The van der Waals surface area contributed by atoms with Gasteiger partial charge < -0.3 is 15.2 Å². The predicted octanol–water partition coefficient (Wildman–Crippen LogP) is 2.53. The lowest BCUT2D eigenvalue weighted by molar-refractivity contribution is -0.166. The molecule has 0 radical (unpaired) electrons. The molecular weight excluding hydrogens is 282 g/mol. The van der Waals surface area contributed by atoms with Gasteiger partial charge in [0.1, 0.15) is 12.1 Å². The first-order valence-corrected chi connectivity index (χ1v) is 6.44. The molecule has 0 aromatic rings. The van der Waals surface area contributed by atoms with Gasteiger partial charge in [0.25, 0.3) is 0 Å². The van der Waals surface area contributed by atoms with E-state index in [2.05, 4.69) is 10.1 Å². The Bertz CT molecular complexity index is 302. The first-order valence-electron chi connectivity index (χ1n) is 6.44. The minimum atomic E-state index is -4.17. The Hall–Kier alpha value is -0.890. The summed E-state index contributed by atoms with van der Waals surface area (Å²) in [6.07, 6.45) is -3.08. The lowest BCUT2D eigenvalue weighted by Gasteiger charge is -2.29. The van der Waals surface area contributed by atoms with Crippen LogP contribution in [0.5, 0.6) is 0 Å². The molecule has 4 nitrogen and oxygen atoms in total. The molecule has 0 rings (SSSR count). The van der Waals surface area contributed by atoms with Crippen LogP contribution in [0.2, 0.25) is 0 Å². The molecule has 8 heteroatoms. The topological polar surface area (TPSA) is 58.6 Å². The van der Waals surface area contributed by atoms with E-state index in [0.717, 1.165) is 0 Å². The van der Waals surface area contributed by atoms with Crippen LogP contribution in [0.15, 0.2) is 0 Å². The number of aliphatic carboxylic acids is 1. The summed E-state index contributed by atoms with van der Waals surface area (Å²) in [4.78, 5) is 11.2. The normalized spacial score (nSPS) is 15.3. The van der Waals surface area contributed by atoms with E-state index in [1.807, 2.05) is 0 Å². The van der Waals surface area contributed by atoms with Crippen LogP contribution in [-0.4, -0.2) is 48.7 Å². The minimum absolute atomic E-state index is 0.174. The zero-order valence-corrected chi connectivity index (χ0v) is 11.6. The Morgan fingerprint density at radius 3 is 2.35 bits per heavy atom. The maximum atomic E-state index is 12.5. The molecule has 0 aliphatic rings. The van der Waals surface area contributed by atoms with Gasteiger partial charge in [-0.15, -0.1) is 0 Å². The van der Waals surface area contributed by atoms with Crippen LogP contribution >= 0.6 is 0 Å². The van der Waals surface area contributed by atoms with Crippen molar-refractivity contribution in [2.75, 3.05) is 19.8 Å². The highest BCUT2D eigenvalue weighted by molar-refractivity contribution is 5.78. The maximum absolute atomic E-state index is 12.5. The van der Waals surface area contributed by atoms with Crippen molar-refractivity contribution in [3.8, 4) is 0 Å². The third-order valence-corrected chi connectivity index (χ3v) is 3.03. The van der Waals surface area contributed by atoms with Gasteiger partial charge in [0.2, 0.25) is 0 Å². The van der Waals surface area contributed by atoms with E-state index in [4.69, 9.17) is 0 Å². The second-order valence-electron chi connectivity index (χ2n) is 4.49. The molecule has 1 unspecified atom stereocenters. The molecule has 1 atom stereocenters. The van der Waals surface area contributed by atoms with Gasteiger partial charge in [-0.05, 0) is 25.8 Å². The maximum Gasteiger partial charge on any atom is 0.330 e. The first kappa shape index (κ1) is 19.1. The zero-order chi connectivity index (χ0) is 15.8. The van der Waals surface area contributed by atoms with Crippen LogP contribution in [-0.2, 0) is 9.53 Å². The van der Waals surface area contributed by atoms with Crippen LogP contribution in [0, 0.1) is 0 Å². The lowest BCUT2D eigenvalue weighted by Crippen LogP contribution is -2.51. The number of halogens is 4. The molecule has 0 saturated heterocycles. The van der Waals surface area contributed by atoms with E-state index in [1.165, 1.54) is 0 Å². The number of carboxylic acid groups (broad SMARTS) is 1. The van der Waals surface area contributed by atoms with Crippen molar-refractivity contribution in [3.63, 3.8) is 0 Å². The van der Waals surface area contributed by atoms with Crippen molar-refractivity contribution in [3.05, 3.63) is 0 Å². The largest absolute Gasteiger partial charge is 0.480 e. The summed E-state index contributed by atoms with van der Waals surface area (Å²) in [6, 6.07) is 0. The number of carbonyl (C=O) groups is 1. The van der Waals surface area contributed by atoms with Crippen molar-refractivity contribution >= 4 is 5.97 Å². The van der Waals surface area contributed by atoms with E-state index in [-0.39, 0.29) is 19.4 Å². The molecule has 20 heavy (non-hydrogen) atoms. The van der Waals surface area contributed by atoms with Crippen molar-refractivity contribution in [1.29, 1.82) is 0 Å². The van der Waals surface area contributed by atoms with Crippen LogP contribution in [0.3, 0.4) is 0 Å². The van der Waals surface area contributed by atoms with Crippen molar-refractivity contribution < 1.29 is 32.2 Å². The van der Waals surface area contributed by atoms with E-state index < -0.39 is 30.5 Å². The minimum Gasteiger partial charge on any atom is -0.480 e. The first-order chi connectivity index (χ1) is 9.22. The Morgan fingerprint density at radius 2 is 1.95 bits per heavy atom. The highest BCUT2D eigenvalue weighted by Gasteiger charge is 2.41. The van der Waals surface area contributed by atoms with Gasteiger partial charge in [-0.1, -0.05) is 13.8 Å². The Balaban J connectivity index is 4.17. The van der Waals surface area contributed by atoms with E-state index in [0.29, 0.717) is 13.0 Å². The summed E-state index contributed by atoms with van der Waals surface area (Å²) in [5.41, 5.74) is -1.14. The fraction of sp³-hybridized carbons (Fsp3) is 0.917. The Morgan fingerprint density at radius 1 is 1.35 bits per heavy atom. The fourth-order valence-electron chi connectivity index (χ4n) is 1.81. The average molecular weight is 303 g/mol. The summed E-state index contributed by atoms with van der Waals surface area (Å²) in [6.45, 7) is 2.35. The van der Waals surface area contributed by atoms with Gasteiger partial charge in [0, 0.05) is 6.61 Å². The summed E-state index contributed by atoms with van der Waals surface area (Å²) < 4.78 is 53.3. The van der Waals surface area contributed by atoms with Crippen LogP contribution in [0.25, 0.3) is 0 Å². The van der Waals surface area contributed by atoms with Gasteiger partial charge in [-0.25, -0.2) is 8.78 Å². The van der Waals surface area contributed by atoms with E-state index in [1.54, 1.807) is 13.8 Å². The third kappa shape index (κ3) is 5.62. The van der Waals surface area contributed by atoms with E-state index in [9.17, 15) is 27.5 Å². The molecule has 120 valence electrons. The molecule has 0 amide bonds. The van der Waals surface area contributed by atoms with Crippen LogP contribution in [0.4, 0.5) is 17.6 Å². The summed E-state index contributed by atoms with van der Waals surface area (Å²) in [5.74, 6) is -5.20. The summed E-state index contributed by atoms with van der Waals surface area (Å²) in [5, 5.41) is 12.0. The lowest BCUT2D eigenvalue weighted by atomic mass is 9.90. The molecule has 0 heterocycles. The van der Waals surface area contributed by atoms with Crippen molar-refractivity contribution in [2.24, 2.45) is 0 Å². The van der Waals surface area contributed by atoms with E-state index >= 15 is 0 Å². The van der Waals surface area contributed by atoms with Gasteiger partial charge in [-0.2, -0.15) is 8.78 Å². The molecule has 0 fully saturated rings. The number of hydrogen-bond donors (Lipinski definition) is 2. The van der Waals surface area contributed by atoms with Crippen molar-refractivity contribution in [2.45, 2.75) is 51.0 Å². The average Bonchev–Trinajstić information content (AvgIpc) is 2.36. The third-order valence-electron chi connectivity index (χ3n) is 3.03. The molecule has 0 aromatic carbocycles. The van der Waals surface area contributed by atoms with Crippen LogP contribution in [0.1, 0.15) is 33.1 Å². The standard InChI is InChI=1S/C12H21F4NO3/c1-3-11(10(18)19,17-4-2)6-5-7-20-8-12(15,16)9(13)14/h9,17H,3-8H2,1-2H3,(H,18,19). The quantitative estimate of drug-likeness (QED) is 0.455. The molecule has 0 spiro atoms. The number of hydrogen-bond acceptors (Lipinski definition) is 3.